The molecule has 1 saturated heterocycles. The van der Waals surface area contributed by atoms with E-state index in [1.54, 1.807) is 17.1 Å². The number of ether oxygens (including phenoxy) is 3. The third-order valence-corrected chi connectivity index (χ3v) is 5.89. The molecule has 0 bridgehead atoms. The highest BCUT2D eigenvalue weighted by molar-refractivity contribution is 5.93. The Balaban J connectivity index is 1.16. The maximum Gasteiger partial charge on any atom is 0.349 e. The molecule has 0 atom stereocenters. The summed E-state index contributed by atoms with van der Waals surface area (Å²) in [4.78, 5) is 38.8. The first-order chi connectivity index (χ1) is 17.0. The van der Waals surface area contributed by atoms with Crippen LogP contribution in [-0.2, 0) is 11.2 Å². The number of hydrogen-bond donors (Lipinski definition) is 1. The van der Waals surface area contributed by atoms with E-state index in [1.807, 2.05) is 0 Å². The Morgan fingerprint density at radius 3 is 2.80 bits per heavy atom. The molecule has 0 unspecified atom stereocenters. The molecule has 1 amide bonds. The van der Waals surface area contributed by atoms with Crippen molar-refractivity contribution in [2.75, 3.05) is 46.4 Å². The van der Waals surface area contributed by atoms with Crippen LogP contribution in [0.15, 0.2) is 30.6 Å². The Morgan fingerprint density at radius 2 is 2.00 bits per heavy atom. The lowest BCUT2D eigenvalue weighted by Gasteiger charge is -2.34. The summed E-state index contributed by atoms with van der Waals surface area (Å²) in [5.74, 6) is -0.419. The van der Waals surface area contributed by atoms with Crippen molar-refractivity contribution in [1.82, 2.24) is 30.3 Å². The summed E-state index contributed by atoms with van der Waals surface area (Å²) >= 11 is 0. The third kappa shape index (κ3) is 4.98. The van der Waals surface area contributed by atoms with Crippen molar-refractivity contribution in [2.24, 2.45) is 0 Å². The average Bonchev–Trinajstić information content (AvgIpc) is 2.88. The number of carbonyl (C=O) groups is 2. The molecule has 5 heterocycles. The topological polar surface area (TPSA) is 119 Å². The molecule has 2 aliphatic rings. The van der Waals surface area contributed by atoms with Crippen molar-refractivity contribution in [2.45, 2.75) is 6.42 Å². The molecule has 0 radical (unpaired) electrons. The van der Waals surface area contributed by atoms with Crippen LogP contribution < -0.4 is 19.6 Å². The third-order valence-electron chi connectivity index (χ3n) is 5.89. The zero-order valence-electron chi connectivity index (χ0n) is 19.0. The van der Waals surface area contributed by atoms with Gasteiger partial charge < -0.3 is 19.1 Å². The van der Waals surface area contributed by atoms with Gasteiger partial charge in [-0.15, -0.1) is 0 Å². The normalized spacial score (nSPS) is 16.3. The number of methoxy groups -OCH3 is 1. The van der Waals surface area contributed by atoms with Gasteiger partial charge >= 0.3 is 5.97 Å². The Kier molecular flexibility index (Phi) is 6.38. The summed E-state index contributed by atoms with van der Waals surface area (Å²) < 4.78 is 30.0. The zero-order chi connectivity index (χ0) is 24.4. The van der Waals surface area contributed by atoms with Crippen LogP contribution in [0.2, 0.25) is 0 Å². The summed E-state index contributed by atoms with van der Waals surface area (Å²) in [5.41, 5.74) is 4.57. The van der Waals surface area contributed by atoms with Crippen molar-refractivity contribution >= 4 is 22.9 Å². The highest BCUT2D eigenvalue weighted by atomic mass is 19.1. The predicted octanol–water partition coefficient (Wildman–Crippen LogP) is 0.975. The fourth-order valence-corrected chi connectivity index (χ4v) is 4.01. The quantitative estimate of drug-likeness (QED) is 0.509. The van der Waals surface area contributed by atoms with Crippen LogP contribution in [0.1, 0.15) is 16.1 Å². The van der Waals surface area contributed by atoms with E-state index in [0.717, 1.165) is 0 Å². The van der Waals surface area contributed by atoms with E-state index in [0.29, 0.717) is 67.4 Å². The number of aromatic nitrogens is 3. The Labute approximate surface area is 199 Å². The van der Waals surface area contributed by atoms with E-state index in [1.165, 1.54) is 25.6 Å². The Morgan fingerprint density at radius 1 is 1.17 bits per heavy atom. The monoisotopic (exact) mass is 482 g/mol. The molecule has 0 spiro atoms. The Bertz CT molecular complexity index is 1280. The number of rotatable bonds is 6. The number of fused-ring (bicyclic) bond motifs is 2. The number of hydrazine groups is 1. The maximum atomic E-state index is 14.5. The van der Waals surface area contributed by atoms with Gasteiger partial charge in [0.1, 0.15) is 11.5 Å². The molecule has 2 aliphatic heterocycles. The first-order valence-corrected chi connectivity index (χ1v) is 11.1. The van der Waals surface area contributed by atoms with E-state index in [-0.39, 0.29) is 18.1 Å². The fraction of sp³-hybridized carbons (Fsp3) is 0.348. The van der Waals surface area contributed by atoms with Gasteiger partial charge in [0.25, 0.3) is 5.91 Å². The standard InChI is InChI=1S/C23H23FN6O5/c1-33-20-3-2-16-22(27-20)14(15(24)11-25-16)4-5-29-6-8-30(9-7-29)28-23(32)17-10-18-19(12-26-17)34-13-21(31)35-18/h2-3,10-12H,4-9,13H2,1H3,(H,28,32). The van der Waals surface area contributed by atoms with Gasteiger partial charge in [-0.3, -0.25) is 15.2 Å². The van der Waals surface area contributed by atoms with Crippen molar-refractivity contribution in [3.8, 4) is 17.4 Å². The first kappa shape index (κ1) is 22.9. The number of amides is 1. The van der Waals surface area contributed by atoms with Gasteiger partial charge in [0.05, 0.1) is 30.5 Å². The van der Waals surface area contributed by atoms with E-state index in [9.17, 15) is 14.0 Å². The summed E-state index contributed by atoms with van der Waals surface area (Å²) in [6.45, 7) is 2.99. The second kappa shape index (κ2) is 9.76. The molecule has 3 aromatic rings. The molecule has 0 aromatic carbocycles. The fourth-order valence-electron chi connectivity index (χ4n) is 4.01. The number of esters is 1. The van der Waals surface area contributed by atoms with Crippen molar-refractivity contribution < 1.29 is 28.2 Å². The van der Waals surface area contributed by atoms with Crippen LogP contribution in [0.25, 0.3) is 11.0 Å². The van der Waals surface area contributed by atoms with Crippen LogP contribution >= 0.6 is 0 Å². The van der Waals surface area contributed by atoms with Crippen LogP contribution in [0, 0.1) is 5.82 Å². The SMILES string of the molecule is COc1ccc2ncc(F)c(CCN3CCN(NC(=O)c4cc5c(cn4)OCC(=O)O5)CC3)c2n1. The predicted molar refractivity (Wildman–Crippen MR) is 121 cm³/mol. The summed E-state index contributed by atoms with van der Waals surface area (Å²) in [5, 5.41) is 1.80. The first-order valence-electron chi connectivity index (χ1n) is 11.1. The van der Waals surface area contributed by atoms with Gasteiger partial charge in [0.2, 0.25) is 5.88 Å². The van der Waals surface area contributed by atoms with Gasteiger partial charge in [-0.1, -0.05) is 0 Å². The van der Waals surface area contributed by atoms with E-state index in [4.69, 9.17) is 14.2 Å². The summed E-state index contributed by atoms with van der Waals surface area (Å²) in [6, 6.07) is 4.85. The zero-order valence-corrected chi connectivity index (χ0v) is 19.0. The smallest absolute Gasteiger partial charge is 0.349 e. The lowest BCUT2D eigenvalue weighted by Crippen LogP contribution is -2.53. The number of hydrogen-bond acceptors (Lipinski definition) is 10. The van der Waals surface area contributed by atoms with Gasteiger partial charge in [-0.05, 0) is 12.5 Å². The molecule has 3 aromatic heterocycles. The van der Waals surface area contributed by atoms with Gasteiger partial charge in [0.15, 0.2) is 18.1 Å². The van der Waals surface area contributed by atoms with Crippen molar-refractivity contribution in [3.63, 3.8) is 0 Å². The second-order valence-corrected chi connectivity index (χ2v) is 8.10. The van der Waals surface area contributed by atoms with Crippen LogP contribution in [0.4, 0.5) is 4.39 Å². The minimum absolute atomic E-state index is 0.118. The number of carbonyl (C=O) groups excluding carboxylic acids is 2. The minimum Gasteiger partial charge on any atom is -0.481 e. The van der Waals surface area contributed by atoms with Crippen LogP contribution in [-0.4, -0.2) is 83.2 Å². The van der Waals surface area contributed by atoms with E-state index >= 15 is 0 Å². The van der Waals surface area contributed by atoms with Gasteiger partial charge in [-0.25, -0.2) is 24.2 Å². The molecule has 5 rings (SSSR count). The summed E-state index contributed by atoms with van der Waals surface area (Å²) in [7, 11) is 1.52. The number of halogens is 1. The number of nitrogens with zero attached hydrogens (tertiary/aromatic N) is 5. The molecular formula is C23H23FN6O5. The largest absolute Gasteiger partial charge is 0.481 e. The molecule has 0 aliphatic carbocycles. The molecule has 1 fully saturated rings. The van der Waals surface area contributed by atoms with Crippen molar-refractivity contribution in [1.29, 1.82) is 0 Å². The second-order valence-electron chi connectivity index (χ2n) is 8.10. The number of pyridine rings is 3. The molecular weight excluding hydrogens is 459 g/mol. The molecule has 35 heavy (non-hydrogen) atoms. The van der Waals surface area contributed by atoms with Gasteiger partial charge in [0, 0.05) is 50.4 Å². The van der Waals surface area contributed by atoms with E-state index in [2.05, 4.69) is 25.3 Å². The number of piperazine rings is 1. The maximum absolute atomic E-state index is 14.5. The highest BCUT2D eigenvalue weighted by Gasteiger charge is 2.24. The highest BCUT2D eigenvalue weighted by Crippen LogP contribution is 2.29. The van der Waals surface area contributed by atoms with Crippen molar-refractivity contribution in [3.05, 3.63) is 47.7 Å². The molecule has 1 N–H and O–H groups in total. The molecule has 182 valence electrons. The molecule has 11 nitrogen and oxygen atoms in total. The van der Waals surface area contributed by atoms with Crippen LogP contribution in [0.5, 0.6) is 17.4 Å². The lowest BCUT2D eigenvalue weighted by molar-refractivity contribution is -0.138. The van der Waals surface area contributed by atoms with Crippen LogP contribution in [0.3, 0.4) is 0 Å². The molecule has 12 heteroatoms. The van der Waals surface area contributed by atoms with Gasteiger partial charge in [-0.2, -0.15) is 0 Å². The number of nitrogens with one attached hydrogen (secondary N) is 1. The average molecular weight is 482 g/mol. The summed E-state index contributed by atoms with van der Waals surface area (Å²) in [6.07, 6.45) is 3.05. The minimum atomic E-state index is -0.527. The molecule has 0 saturated carbocycles. The Hall–Kier alpha value is -3.90. The van der Waals surface area contributed by atoms with E-state index < -0.39 is 17.7 Å². The lowest BCUT2D eigenvalue weighted by atomic mass is 10.1.